The number of hydrogen-bond donors (Lipinski definition) is 3. The van der Waals surface area contributed by atoms with Gasteiger partial charge in [0.05, 0.1) is 6.04 Å². The maximum atomic E-state index is 11.2. The van der Waals surface area contributed by atoms with Crippen LogP contribution in [0.25, 0.3) is 0 Å². The van der Waals surface area contributed by atoms with Gasteiger partial charge in [-0.2, -0.15) is 0 Å². The van der Waals surface area contributed by atoms with Crippen LogP contribution in [0.3, 0.4) is 0 Å². The van der Waals surface area contributed by atoms with Crippen molar-refractivity contribution in [1.82, 2.24) is 10.9 Å². The summed E-state index contributed by atoms with van der Waals surface area (Å²) in [6, 6.07) is -0.111. The zero-order valence-electron chi connectivity index (χ0n) is 6.80. The minimum absolute atomic E-state index is 0.111. The summed E-state index contributed by atoms with van der Waals surface area (Å²) in [5.74, 6) is 0.241. The van der Waals surface area contributed by atoms with Gasteiger partial charge < -0.3 is 5.73 Å². The van der Waals surface area contributed by atoms with E-state index in [1.807, 2.05) is 0 Å². The molecule has 1 aliphatic carbocycles. The SMILES string of the molecule is NC(=S)NNC1CCCCC1=O. The normalized spacial score (nSPS) is 23.7. The largest absolute Gasteiger partial charge is 0.375 e. The van der Waals surface area contributed by atoms with Gasteiger partial charge in [-0.25, -0.2) is 5.43 Å². The second-order valence-electron chi connectivity index (χ2n) is 2.90. The first kappa shape index (κ1) is 9.41. The molecule has 68 valence electrons. The van der Waals surface area contributed by atoms with Crippen molar-refractivity contribution in [2.75, 3.05) is 0 Å². The van der Waals surface area contributed by atoms with Gasteiger partial charge in [-0.3, -0.25) is 10.2 Å². The molecule has 12 heavy (non-hydrogen) atoms. The zero-order valence-corrected chi connectivity index (χ0v) is 7.62. The lowest BCUT2D eigenvalue weighted by molar-refractivity contribution is -0.122. The minimum atomic E-state index is -0.111. The molecule has 5 heteroatoms. The average Bonchev–Trinajstić information content (AvgIpc) is 2.03. The Morgan fingerprint density at radius 2 is 2.33 bits per heavy atom. The number of nitrogens with one attached hydrogen (secondary N) is 2. The Kier molecular flexibility index (Phi) is 3.43. The predicted octanol–water partition coefficient (Wildman–Crippen LogP) is -0.164. The van der Waals surface area contributed by atoms with Crippen LogP contribution >= 0.6 is 12.2 Å². The summed E-state index contributed by atoms with van der Waals surface area (Å²) in [6.07, 6.45) is 3.62. The standard InChI is InChI=1S/C7H13N3OS/c8-7(12)10-9-5-3-1-2-4-6(5)11/h5,9H,1-4H2,(H3,8,10,12). The van der Waals surface area contributed by atoms with Crippen molar-refractivity contribution in [3.05, 3.63) is 0 Å². The van der Waals surface area contributed by atoms with Crippen LogP contribution < -0.4 is 16.6 Å². The van der Waals surface area contributed by atoms with Crippen LogP contribution in [0, 0.1) is 0 Å². The highest BCUT2D eigenvalue weighted by atomic mass is 32.1. The van der Waals surface area contributed by atoms with E-state index in [1.165, 1.54) is 0 Å². The summed E-state index contributed by atoms with van der Waals surface area (Å²) in [7, 11) is 0. The second-order valence-corrected chi connectivity index (χ2v) is 3.34. The molecule has 0 spiro atoms. The van der Waals surface area contributed by atoms with E-state index < -0.39 is 0 Å². The second kappa shape index (κ2) is 4.37. The molecule has 1 saturated carbocycles. The van der Waals surface area contributed by atoms with Gasteiger partial charge in [0.2, 0.25) is 0 Å². The smallest absolute Gasteiger partial charge is 0.178 e. The molecule has 1 rings (SSSR count). The van der Waals surface area contributed by atoms with E-state index in [-0.39, 0.29) is 16.9 Å². The number of thiocarbonyl (C=S) groups is 1. The van der Waals surface area contributed by atoms with Crippen molar-refractivity contribution in [1.29, 1.82) is 0 Å². The first-order chi connectivity index (χ1) is 5.70. The molecule has 0 radical (unpaired) electrons. The van der Waals surface area contributed by atoms with Gasteiger partial charge in [-0.15, -0.1) is 0 Å². The number of carbonyl (C=O) groups excluding carboxylic acids is 1. The molecule has 0 aromatic carbocycles. The summed E-state index contributed by atoms with van der Waals surface area (Å²) in [6.45, 7) is 0. The van der Waals surface area contributed by atoms with Gasteiger partial charge in [0.1, 0.15) is 0 Å². The van der Waals surface area contributed by atoms with E-state index in [2.05, 4.69) is 23.1 Å². The lowest BCUT2D eigenvalue weighted by atomic mass is 9.95. The van der Waals surface area contributed by atoms with Crippen molar-refractivity contribution in [3.8, 4) is 0 Å². The molecule has 0 heterocycles. The Balaban J connectivity index is 2.29. The molecule has 1 aliphatic rings. The Labute approximate surface area is 76.9 Å². The molecular weight excluding hydrogens is 174 g/mol. The predicted molar refractivity (Wildman–Crippen MR) is 50.3 cm³/mol. The lowest BCUT2D eigenvalue weighted by Gasteiger charge is -2.21. The van der Waals surface area contributed by atoms with Crippen LogP contribution in [0.1, 0.15) is 25.7 Å². The van der Waals surface area contributed by atoms with Gasteiger partial charge in [0, 0.05) is 6.42 Å². The van der Waals surface area contributed by atoms with Crippen molar-refractivity contribution >= 4 is 23.1 Å². The van der Waals surface area contributed by atoms with Gasteiger partial charge >= 0.3 is 0 Å². The van der Waals surface area contributed by atoms with Crippen LogP contribution in [0.5, 0.6) is 0 Å². The van der Waals surface area contributed by atoms with E-state index in [4.69, 9.17) is 5.73 Å². The van der Waals surface area contributed by atoms with Crippen molar-refractivity contribution in [2.24, 2.45) is 5.73 Å². The number of rotatable bonds is 2. The van der Waals surface area contributed by atoms with Gasteiger partial charge in [0.15, 0.2) is 10.9 Å². The molecule has 0 saturated heterocycles. The van der Waals surface area contributed by atoms with Crippen LogP contribution in [-0.4, -0.2) is 16.9 Å². The first-order valence-corrected chi connectivity index (χ1v) is 4.44. The zero-order chi connectivity index (χ0) is 8.97. The van der Waals surface area contributed by atoms with E-state index in [0.29, 0.717) is 6.42 Å². The van der Waals surface area contributed by atoms with E-state index in [9.17, 15) is 4.79 Å². The molecule has 0 bridgehead atoms. The van der Waals surface area contributed by atoms with Crippen molar-refractivity contribution in [2.45, 2.75) is 31.7 Å². The number of hydrogen-bond acceptors (Lipinski definition) is 3. The summed E-state index contributed by atoms with van der Waals surface area (Å²) in [5.41, 5.74) is 10.6. The van der Waals surface area contributed by atoms with Crippen molar-refractivity contribution < 1.29 is 4.79 Å². The average molecular weight is 187 g/mol. The Morgan fingerprint density at radius 3 is 2.92 bits per heavy atom. The summed E-state index contributed by atoms with van der Waals surface area (Å²) >= 11 is 4.60. The number of Topliss-reactive ketones (excluding diaryl/α,β-unsaturated/α-hetero) is 1. The molecule has 0 amide bonds. The molecular formula is C7H13N3OS. The van der Waals surface area contributed by atoms with Gasteiger partial charge in [0.25, 0.3) is 0 Å². The third-order valence-electron chi connectivity index (χ3n) is 1.92. The highest BCUT2D eigenvalue weighted by Crippen LogP contribution is 2.13. The summed E-state index contributed by atoms with van der Waals surface area (Å²) in [4.78, 5) is 11.2. The Hall–Kier alpha value is -0.680. The third kappa shape index (κ3) is 2.75. The maximum absolute atomic E-state index is 11.2. The number of carbonyl (C=O) groups is 1. The third-order valence-corrected chi connectivity index (χ3v) is 2.03. The minimum Gasteiger partial charge on any atom is -0.375 e. The van der Waals surface area contributed by atoms with Crippen molar-refractivity contribution in [3.63, 3.8) is 0 Å². The molecule has 4 nitrogen and oxygen atoms in total. The Morgan fingerprint density at radius 1 is 1.58 bits per heavy atom. The first-order valence-electron chi connectivity index (χ1n) is 4.04. The van der Waals surface area contributed by atoms with E-state index in [0.717, 1.165) is 19.3 Å². The number of nitrogens with two attached hydrogens (primary N) is 1. The van der Waals surface area contributed by atoms with Crippen LogP contribution in [0.2, 0.25) is 0 Å². The molecule has 1 unspecified atom stereocenters. The molecule has 1 atom stereocenters. The van der Waals surface area contributed by atoms with E-state index >= 15 is 0 Å². The fraction of sp³-hybridized carbons (Fsp3) is 0.714. The quantitative estimate of drug-likeness (QED) is 0.414. The highest BCUT2D eigenvalue weighted by Gasteiger charge is 2.21. The monoisotopic (exact) mass is 187 g/mol. The Bertz CT molecular complexity index is 195. The van der Waals surface area contributed by atoms with Gasteiger partial charge in [-0.1, -0.05) is 6.42 Å². The van der Waals surface area contributed by atoms with E-state index in [1.54, 1.807) is 0 Å². The molecule has 4 N–H and O–H groups in total. The number of ketones is 1. The fourth-order valence-electron chi connectivity index (χ4n) is 1.29. The van der Waals surface area contributed by atoms with Gasteiger partial charge in [-0.05, 0) is 25.1 Å². The molecule has 0 aromatic rings. The topological polar surface area (TPSA) is 67.2 Å². The molecule has 0 aliphatic heterocycles. The van der Waals surface area contributed by atoms with Crippen LogP contribution in [0.4, 0.5) is 0 Å². The highest BCUT2D eigenvalue weighted by molar-refractivity contribution is 7.80. The maximum Gasteiger partial charge on any atom is 0.178 e. The number of hydrazine groups is 1. The molecule has 1 fully saturated rings. The molecule has 0 aromatic heterocycles. The summed E-state index contributed by atoms with van der Waals surface area (Å²) < 4.78 is 0. The lowest BCUT2D eigenvalue weighted by Crippen LogP contribution is -2.50. The fourth-order valence-corrected chi connectivity index (χ4v) is 1.35. The van der Waals surface area contributed by atoms with Crippen LogP contribution in [0.15, 0.2) is 0 Å². The van der Waals surface area contributed by atoms with Crippen LogP contribution in [-0.2, 0) is 4.79 Å². The summed E-state index contributed by atoms with van der Waals surface area (Å²) in [5, 5.41) is 0.174.